The molecule has 13 heteroatoms. The Hall–Kier alpha value is -2.93. The summed E-state index contributed by atoms with van der Waals surface area (Å²) in [5.41, 5.74) is -1.24. The van der Waals surface area contributed by atoms with Gasteiger partial charge in [-0.15, -0.1) is 0 Å². The van der Waals surface area contributed by atoms with Crippen LogP contribution in [0.15, 0.2) is 24.3 Å². The van der Waals surface area contributed by atoms with Gasteiger partial charge in [-0.25, -0.2) is 0 Å². The number of rotatable bonds is 3. The van der Waals surface area contributed by atoms with Crippen LogP contribution >= 0.6 is 24.4 Å². The largest absolute Gasteiger partial charge is 0.416 e. The molecule has 2 fully saturated rings. The minimum atomic E-state index is -4.73. The lowest BCUT2D eigenvalue weighted by Crippen LogP contribution is -2.62. The van der Waals surface area contributed by atoms with Crippen molar-refractivity contribution in [1.29, 1.82) is 0 Å². The van der Waals surface area contributed by atoms with Crippen molar-refractivity contribution in [2.24, 2.45) is 11.8 Å². The van der Waals surface area contributed by atoms with Gasteiger partial charge in [-0.05, 0) is 36.1 Å². The zero-order chi connectivity index (χ0) is 23.2. The van der Waals surface area contributed by atoms with Crippen LogP contribution in [-0.4, -0.2) is 57.7 Å². The van der Waals surface area contributed by atoms with Gasteiger partial charge in [-0.1, -0.05) is 18.2 Å². The third kappa shape index (κ3) is 4.02. The fourth-order valence-corrected chi connectivity index (χ4v) is 3.89. The Morgan fingerprint density at radius 1 is 0.903 bits per heavy atom. The number of benzene rings is 1. The highest BCUT2D eigenvalue weighted by atomic mass is 32.1. The van der Waals surface area contributed by atoms with E-state index in [1.54, 1.807) is 0 Å². The molecule has 1 aromatic carbocycles. The van der Waals surface area contributed by atoms with Crippen LogP contribution < -0.4 is 10.6 Å². The highest BCUT2D eigenvalue weighted by Crippen LogP contribution is 2.39. The maximum absolute atomic E-state index is 13.3. The number of nitrogens with zero attached hydrogens (tertiary/aromatic N) is 2. The van der Waals surface area contributed by atoms with Crippen LogP contribution in [0.1, 0.15) is 17.0 Å². The minimum Gasteiger partial charge on any atom is -0.302 e. The second kappa shape index (κ2) is 7.96. The molecule has 4 amide bonds. The predicted molar refractivity (Wildman–Crippen MR) is 108 cm³/mol. The first-order chi connectivity index (χ1) is 14.3. The Kier molecular flexibility index (Phi) is 5.84. The first-order valence-corrected chi connectivity index (χ1v) is 9.58. The van der Waals surface area contributed by atoms with Crippen molar-refractivity contribution in [1.82, 2.24) is 20.4 Å². The lowest BCUT2D eigenvalue weighted by Gasteiger charge is -2.39. The summed E-state index contributed by atoms with van der Waals surface area (Å²) in [6.45, 7) is 0. The molecule has 2 N–H and O–H groups in total. The Morgan fingerprint density at radius 3 is 1.77 bits per heavy atom. The number of nitrogens with one attached hydrogen (secondary N) is 2. The van der Waals surface area contributed by atoms with E-state index in [-0.39, 0.29) is 15.8 Å². The number of carbonyl (C=O) groups is 4. The summed E-state index contributed by atoms with van der Waals surface area (Å²) in [6, 6.07) is 3.81. The third-order valence-corrected chi connectivity index (χ3v) is 5.90. The molecule has 0 saturated carbocycles. The van der Waals surface area contributed by atoms with E-state index in [9.17, 15) is 32.3 Å². The second-order valence-electron chi connectivity index (χ2n) is 6.99. The summed E-state index contributed by atoms with van der Waals surface area (Å²) < 4.78 is 39.9. The molecule has 1 aromatic rings. The van der Waals surface area contributed by atoms with Crippen molar-refractivity contribution < 1.29 is 32.3 Å². The van der Waals surface area contributed by atoms with Gasteiger partial charge >= 0.3 is 6.18 Å². The first kappa shape index (κ1) is 22.7. The zero-order valence-electron chi connectivity index (χ0n) is 16.0. The molecule has 2 heterocycles. The summed E-state index contributed by atoms with van der Waals surface area (Å²) in [6.07, 6.45) is -4.73. The van der Waals surface area contributed by atoms with Gasteiger partial charge in [0.15, 0.2) is 10.2 Å². The number of amides is 4. The van der Waals surface area contributed by atoms with Crippen molar-refractivity contribution >= 4 is 58.3 Å². The molecule has 0 aliphatic carbocycles. The lowest BCUT2D eigenvalue weighted by atomic mass is 9.73. The summed E-state index contributed by atoms with van der Waals surface area (Å²) in [7, 11) is 2.54. The molecular formula is C18H15F3N4O4S2. The molecule has 0 radical (unpaired) electrons. The minimum absolute atomic E-state index is 0.181. The van der Waals surface area contributed by atoms with Crippen LogP contribution in [0.5, 0.6) is 0 Å². The van der Waals surface area contributed by atoms with Crippen LogP contribution in [0.2, 0.25) is 0 Å². The van der Waals surface area contributed by atoms with Gasteiger partial charge in [0.25, 0.3) is 0 Å². The van der Waals surface area contributed by atoms with Gasteiger partial charge in [-0.3, -0.25) is 29.0 Å². The molecule has 2 atom stereocenters. The zero-order valence-corrected chi connectivity index (χ0v) is 17.7. The van der Waals surface area contributed by atoms with Gasteiger partial charge in [0.2, 0.25) is 23.6 Å². The van der Waals surface area contributed by atoms with Crippen molar-refractivity contribution in [2.45, 2.75) is 12.1 Å². The third-order valence-electron chi connectivity index (χ3n) is 5.14. The summed E-state index contributed by atoms with van der Waals surface area (Å²) in [5, 5.41) is 4.17. The van der Waals surface area contributed by atoms with Crippen LogP contribution in [0, 0.1) is 11.8 Å². The monoisotopic (exact) mass is 472 g/mol. The molecule has 0 spiro atoms. The average Bonchev–Trinajstić information content (AvgIpc) is 2.68. The highest BCUT2D eigenvalue weighted by molar-refractivity contribution is 7.80. The topological polar surface area (TPSA) is 98.8 Å². The van der Waals surface area contributed by atoms with Gasteiger partial charge < -0.3 is 10.6 Å². The lowest BCUT2D eigenvalue weighted by molar-refractivity contribution is -0.146. The van der Waals surface area contributed by atoms with E-state index in [0.29, 0.717) is 6.07 Å². The highest BCUT2D eigenvalue weighted by Gasteiger charge is 2.52. The van der Waals surface area contributed by atoms with Crippen LogP contribution in [0.25, 0.3) is 0 Å². The Bertz CT molecular complexity index is 977. The van der Waals surface area contributed by atoms with Crippen molar-refractivity contribution in [3.05, 3.63) is 35.4 Å². The van der Waals surface area contributed by atoms with Crippen LogP contribution in [0.4, 0.5) is 13.2 Å². The average molecular weight is 472 g/mol. The molecule has 0 bridgehead atoms. The fourth-order valence-electron chi connectivity index (χ4n) is 3.51. The molecule has 164 valence electrons. The van der Waals surface area contributed by atoms with E-state index in [2.05, 4.69) is 10.6 Å². The van der Waals surface area contributed by atoms with Crippen molar-refractivity contribution in [2.75, 3.05) is 14.1 Å². The number of alkyl halides is 3. The number of carbonyl (C=O) groups excluding carboxylic acids is 4. The maximum atomic E-state index is 13.3. The van der Waals surface area contributed by atoms with Crippen molar-refractivity contribution in [3.63, 3.8) is 0 Å². The standard InChI is InChI=1S/C18H15F3N4O4S2/c1-24-14(28)10(12(26)22-16(24)30)9(7-4-3-5-8(6-7)18(19,20)21)11-13(27)23-17(31)25(2)15(11)29/h3-6,9-11H,1-2H3,(H,22,26,30)(H,23,27,31)/t10-,11-/m1/s1. The number of thiocarbonyl (C=S) groups is 2. The molecule has 0 unspecified atom stereocenters. The Morgan fingerprint density at radius 2 is 1.35 bits per heavy atom. The van der Waals surface area contributed by atoms with Gasteiger partial charge in [0, 0.05) is 20.0 Å². The van der Waals surface area contributed by atoms with Crippen molar-refractivity contribution in [3.8, 4) is 0 Å². The van der Waals surface area contributed by atoms with Gasteiger partial charge in [0.05, 0.1) is 5.56 Å². The molecule has 2 aliphatic heterocycles. The molecular weight excluding hydrogens is 457 g/mol. The second-order valence-corrected chi connectivity index (χ2v) is 7.76. The number of halogens is 3. The summed E-state index contributed by atoms with van der Waals surface area (Å²) in [4.78, 5) is 53.1. The van der Waals surface area contributed by atoms with Crippen LogP contribution in [-0.2, 0) is 25.4 Å². The van der Waals surface area contributed by atoms with E-state index in [4.69, 9.17) is 24.4 Å². The van der Waals surface area contributed by atoms with E-state index in [1.807, 2.05) is 0 Å². The fraction of sp³-hybridized carbons (Fsp3) is 0.333. The molecule has 2 saturated heterocycles. The van der Waals surface area contributed by atoms with E-state index in [0.717, 1.165) is 21.9 Å². The summed E-state index contributed by atoms with van der Waals surface area (Å²) >= 11 is 9.80. The van der Waals surface area contributed by atoms with Gasteiger partial charge in [-0.2, -0.15) is 13.2 Å². The molecule has 2 aliphatic rings. The molecule has 31 heavy (non-hydrogen) atoms. The summed E-state index contributed by atoms with van der Waals surface area (Å²) in [5.74, 6) is -8.46. The smallest absolute Gasteiger partial charge is 0.302 e. The van der Waals surface area contributed by atoms with E-state index >= 15 is 0 Å². The molecule has 8 nitrogen and oxygen atoms in total. The quantitative estimate of drug-likeness (QED) is 0.498. The van der Waals surface area contributed by atoms with Gasteiger partial charge in [0.1, 0.15) is 11.8 Å². The normalized spacial score (nSPS) is 22.8. The Balaban J connectivity index is 2.20. The molecule has 3 rings (SSSR count). The molecule has 0 aromatic heterocycles. The maximum Gasteiger partial charge on any atom is 0.416 e. The Labute approximate surface area is 184 Å². The number of hydrogen-bond acceptors (Lipinski definition) is 6. The predicted octanol–water partition coefficient (Wildman–Crippen LogP) is 0.768. The number of hydrogen-bond donors (Lipinski definition) is 2. The van der Waals surface area contributed by atoms with Crippen LogP contribution in [0.3, 0.4) is 0 Å². The SMILES string of the molecule is CN1C(=O)[C@H](C(c2cccc(C(F)(F)F)c2)[C@@H]2C(=O)NC(=S)N(C)C2=O)C(=O)NC1=S. The van der Waals surface area contributed by atoms with E-state index < -0.39 is 53.1 Å². The van der Waals surface area contributed by atoms with E-state index in [1.165, 1.54) is 20.2 Å². The first-order valence-electron chi connectivity index (χ1n) is 8.76.